The van der Waals surface area contributed by atoms with E-state index in [2.05, 4.69) is 5.32 Å². The maximum absolute atomic E-state index is 12.5. The summed E-state index contributed by atoms with van der Waals surface area (Å²) in [7, 11) is 1.55. The standard InChI is InChI=1S/C16H17NO5S/c1-21-12-4-2-3-10-7-11(8-22-13(10)12)14(18)17-16(15(19)20)5-6-23-9-16/h2-4,7H,5-6,8-9H2,1H3,(H,17,18)(H,19,20). The average Bonchev–Trinajstić information content (AvgIpc) is 3.03. The van der Waals surface area contributed by atoms with Crippen LogP contribution in [0.4, 0.5) is 0 Å². The van der Waals surface area contributed by atoms with Crippen LogP contribution >= 0.6 is 11.8 Å². The summed E-state index contributed by atoms with van der Waals surface area (Å²) in [6.45, 7) is 0.0854. The third kappa shape index (κ3) is 2.88. The summed E-state index contributed by atoms with van der Waals surface area (Å²) in [5.74, 6) is 0.913. The molecule has 2 aliphatic rings. The first kappa shape index (κ1) is 15.7. The number of nitrogens with one attached hydrogen (secondary N) is 1. The Balaban J connectivity index is 1.83. The van der Waals surface area contributed by atoms with Crippen molar-refractivity contribution in [3.63, 3.8) is 0 Å². The molecule has 1 amide bonds. The second kappa shape index (κ2) is 6.16. The van der Waals surface area contributed by atoms with Gasteiger partial charge in [-0.15, -0.1) is 0 Å². The molecule has 1 atom stereocenters. The number of carboxylic acid groups (broad SMARTS) is 1. The first-order valence-electron chi connectivity index (χ1n) is 7.20. The van der Waals surface area contributed by atoms with Crippen LogP contribution < -0.4 is 14.8 Å². The van der Waals surface area contributed by atoms with E-state index < -0.39 is 17.4 Å². The molecule has 0 spiro atoms. The van der Waals surface area contributed by atoms with Crippen molar-refractivity contribution in [1.29, 1.82) is 0 Å². The van der Waals surface area contributed by atoms with Gasteiger partial charge in [0.1, 0.15) is 12.1 Å². The van der Waals surface area contributed by atoms with Gasteiger partial charge in [0.05, 0.1) is 12.7 Å². The van der Waals surface area contributed by atoms with Crippen molar-refractivity contribution in [3.05, 3.63) is 29.3 Å². The van der Waals surface area contributed by atoms with Crippen molar-refractivity contribution in [1.82, 2.24) is 5.32 Å². The molecule has 2 N–H and O–H groups in total. The van der Waals surface area contributed by atoms with E-state index in [4.69, 9.17) is 9.47 Å². The topological polar surface area (TPSA) is 84.9 Å². The van der Waals surface area contributed by atoms with Crippen molar-refractivity contribution in [2.75, 3.05) is 25.2 Å². The molecule has 0 saturated carbocycles. The van der Waals surface area contributed by atoms with E-state index in [9.17, 15) is 14.7 Å². The molecule has 1 aromatic rings. The predicted molar refractivity (Wildman–Crippen MR) is 86.9 cm³/mol. The van der Waals surface area contributed by atoms with Gasteiger partial charge in [0.2, 0.25) is 0 Å². The lowest BCUT2D eigenvalue weighted by atomic mass is 9.98. The van der Waals surface area contributed by atoms with E-state index in [0.29, 0.717) is 29.2 Å². The van der Waals surface area contributed by atoms with Gasteiger partial charge in [-0.3, -0.25) is 4.79 Å². The van der Waals surface area contributed by atoms with E-state index >= 15 is 0 Å². The molecule has 122 valence electrons. The quantitative estimate of drug-likeness (QED) is 0.868. The molecule has 2 aliphatic heterocycles. The normalized spacial score (nSPS) is 22.6. The molecule has 1 aromatic carbocycles. The van der Waals surface area contributed by atoms with Crippen molar-refractivity contribution in [3.8, 4) is 11.5 Å². The summed E-state index contributed by atoms with van der Waals surface area (Å²) < 4.78 is 10.9. The van der Waals surface area contributed by atoms with Crippen LogP contribution in [0.25, 0.3) is 6.08 Å². The highest BCUT2D eigenvalue weighted by atomic mass is 32.2. The molecule has 1 unspecified atom stereocenters. The molecule has 6 nitrogen and oxygen atoms in total. The molecule has 0 aliphatic carbocycles. The van der Waals surface area contributed by atoms with Gasteiger partial charge in [-0.1, -0.05) is 12.1 Å². The van der Waals surface area contributed by atoms with Gasteiger partial charge in [-0.2, -0.15) is 11.8 Å². The Hall–Kier alpha value is -2.15. The molecule has 23 heavy (non-hydrogen) atoms. The third-order valence-corrected chi connectivity index (χ3v) is 5.20. The number of benzene rings is 1. The first-order valence-corrected chi connectivity index (χ1v) is 8.35. The van der Waals surface area contributed by atoms with Crippen LogP contribution in [0.2, 0.25) is 0 Å². The number of para-hydroxylation sites is 1. The van der Waals surface area contributed by atoms with Crippen LogP contribution in [0.15, 0.2) is 23.8 Å². The number of hydrogen-bond donors (Lipinski definition) is 2. The predicted octanol–water partition coefficient (Wildman–Crippen LogP) is 1.55. The zero-order valence-corrected chi connectivity index (χ0v) is 13.4. The van der Waals surface area contributed by atoms with Gasteiger partial charge < -0.3 is 19.9 Å². The van der Waals surface area contributed by atoms with Crippen LogP contribution in [0.1, 0.15) is 12.0 Å². The summed E-state index contributed by atoms with van der Waals surface area (Å²) in [5, 5.41) is 12.1. The van der Waals surface area contributed by atoms with Gasteiger partial charge in [0.25, 0.3) is 5.91 Å². The molecular weight excluding hydrogens is 318 g/mol. The fourth-order valence-corrected chi connectivity index (χ4v) is 3.98. The van der Waals surface area contributed by atoms with Crippen LogP contribution in [0.5, 0.6) is 11.5 Å². The number of carbonyl (C=O) groups excluding carboxylic acids is 1. The second-order valence-electron chi connectivity index (χ2n) is 5.48. The Morgan fingerprint density at radius 2 is 2.26 bits per heavy atom. The SMILES string of the molecule is COc1cccc2c1OCC(C(=O)NC1(C(=O)O)CCSC1)=C2. The zero-order chi connectivity index (χ0) is 16.4. The van der Waals surface area contributed by atoms with E-state index in [1.54, 1.807) is 19.3 Å². The molecule has 0 bridgehead atoms. The molecule has 0 aromatic heterocycles. The highest BCUT2D eigenvalue weighted by Gasteiger charge is 2.43. The number of ether oxygens (including phenoxy) is 2. The van der Waals surface area contributed by atoms with Gasteiger partial charge in [0, 0.05) is 11.3 Å². The average molecular weight is 335 g/mol. The van der Waals surface area contributed by atoms with Gasteiger partial charge in [-0.25, -0.2) is 4.79 Å². The van der Waals surface area contributed by atoms with Crippen LogP contribution in [0, 0.1) is 0 Å². The summed E-state index contributed by atoms with van der Waals surface area (Å²) in [5.41, 5.74) is -0.0359. The fourth-order valence-electron chi connectivity index (χ4n) is 2.66. The summed E-state index contributed by atoms with van der Waals surface area (Å²) in [6.07, 6.45) is 2.14. The third-order valence-electron chi connectivity index (χ3n) is 4.01. The smallest absolute Gasteiger partial charge is 0.330 e. The van der Waals surface area contributed by atoms with Gasteiger partial charge in [-0.05, 0) is 24.3 Å². The first-order chi connectivity index (χ1) is 11.1. The molecule has 2 heterocycles. The molecule has 1 fully saturated rings. The fraction of sp³-hybridized carbons (Fsp3) is 0.375. The number of aliphatic carboxylic acids is 1. The molecule has 0 radical (unpaired) electrons. The van der Waals surface area contributed by atoms with E-state index in [1.165, 1.54) is 11.8 Å². The lowest BCUT2D eigenvalue weighted by Gasteiger charge is -2.26. The Labute approximate surface area is 137 Å². The lowest BCUT2D eigenvalue weighted by Crippen LogP contribution is -2.55. The lowest BCUT2D eigenvalue weighted by molar-refractivity contribution is -0.145. The van der Waals surface area contributed by atoms with Crippen molar-refractivity contribution in [2.45, 2.75) is 12.0 Å². The number of rotatable bonds is 4. The minimum Gasteiger partial charge on any atom is -0.493 e. The van der Waals surface area contributed by atoms with E-state index in [-0.39, 0.29) is 6.61 Å². The number of carbonyl (C=O) groups is 2. The highest BCUT2D eigenvalue weighted by molar-refractivity contribution is 7.99. The highest BCUT2D eigenvalue weighted by Crippen LogP contribution is 2.36. The Kier molecular flexibility index (Phi) is 4.21. The largest absolute Gasteiger partial charge is 0.493 e. The number of hydrogen-bond acceptors (Lipinski definition) is 5. The number of fused-ring (bicyclic) bond motifs is 1. The molecule has 3 rings (SSSR count). The Morgan fingerprint density at radius 1 is 1.43 bits per heavy atom. The van der Waals surface area contributed by atoms with Crippen molar-refractivity contribution < 1.29 is 24.2 Å². The van der Waals surface area contributed by atoms with Gasteiger partial charge >= 0.3 is 5.97 Å². The maximum Gasteiger partial charge on any atom is 0.330 e. The monoisotopic (exact) mass is 335 g/mol. The number of amides is 1. The van der Waals surface area contributed by atoms with E-state index in [1.807, 2.05) is 12.1 Å². The molecular formula is C16H17NO5S. The number of methoxy groups -OCH3 is 1. The number of thioether (sulfide) groups is 1. The van der Waals surface area contributed by atoms with Crippen molar-refractivity contribution in [2.24, 2.45) is 0 Å². The second-order valence-corrected chi connectivity index (χ2v) is 6.59. The summed E-state index contributed by atoms with van der Waals surface area (Å²) in [4.78, 5) is 24.0. The minimum atomic E-state index is -1.18. The maximum atomic E-state index is 12.5. The molecule has 1 saturated heterocycles. The minimum absolute atomic E-state index is 0.0854. The zero-order valence-electron chi connectivity index (χ0n) is 12.6. The van der Waals surface area contributed by atoms with Crippen LogP contribution in [-0.4, -0.2) is 47.7 Å². The van der Waals surface area contributed by atoms with E-state index in [0.717, 1.165) is 11.3 Å². The molecule has 7 heteroatoms. The Bertz CT molecular complexity index is 679. The summed E-state index contributed by atoms with van der Waals surface area (Å²) >= 11 is 1.53. The Morgan fingerprint density at radius 3 is 2.91 bits per heavy atom. The van der Waals surface area contributed by atoms with Crippen LogP contribution in [0.3, 0.4) is 0 Å². The van der Waals surface area contributed by atoms with Crippen molar-refractivity contribution >= 4 is 29.7 Å². The van der Waals surface area contributed by atoms with Crippen LogP contribution in [-0.2, 0) is 9.59 Å². The van der Waals surface area contributed by atoms with Gasteiger partial charge in [0.15, 0.2) is 11.5 Å². The summed E-state index contributed by atoms with van der Waals surface area (Å²) in [6, 6.07) is 5.42. The number of carboxylic acids is 1.